The zero-order valence-corrected chi connectivity index (χ0v) is 25.8. The van der Waals surface area contributed by atoms with Crippen LogP contribution in [0.15, 0.2) is 77.6 Å². The molecule has 2 aliphatic rings. The first-order valence-electron chi connectivity index (χ1n) is 15.2. The number of hydrogen-bond acceptors (Lipinski definition) is 5. The maximum absolute atomic E-state index is 15.5. The van der Waals surface area contributed by atoms with Gasteiger partial charge < -0.3 is 10.1 Å². The summed E-state index contributed by atoms with van der Waals surface area (Å²) in [6.07, 6.45) is 0.882. The second-order valence-electron chi connectivity index (χ2n) is 12.6. The largest absolute Gasteiger partial charge is 0.442 e. The maximum Gasteiger partial charge on any atom is 0.429 e. The van der Waals surface area contributed by atoms with Gasteiger partial charge in [0.2, 0.25) is 5.91 Å². The molecule has 238 valence electrons. The number of halogens is 2. The van der Waals surface area contributed by atoms with Gasteiger partial charge >= 0.3 is 6.09 Å². The first kappa shape index (κ1) is 30.9. The second-order valence-corrected chi connectivity index (χ2v) is 12.6. The lowest BCUT2D eigenvalue weighted by atomic mass is 9.98. The number of fused-ring (bicyclic) bond motifs is 1. The molecular formula is C35H34F2N4O5. The van der Waals surface area contributed by atoms with E-state index in [9.17, 15) is 23.6 Å². The molecular weight excluding hydrogens is 594 g/mol. The van der Waals surface area contributed by atoms with Crippen LogP contribution in [0.25, 0.3) is 16.5 Å². The Labute approximate surface area is 264 Å². The average molecular weight is 629 g/mol. The van der Waals surface area contributed by atoms with E-state index in [-0.39, 0.29) is 47.5 Å². The van der Waals surface area contributed by atoms with Gasteiger partial charge in [-0.1, -0.05) is 42.5 Å². The van der Waals surface area contributed by atoms with Gasteiger partial charge in [0.25, 0.3) is 11.5 Å². The first-order valence-corrected chi connectivity index (χ1v) is 15.2. The van der Waals surface area contributed by atoms with Gasteiger partial charge in [0.1, 0.15) is 17.2 Å². The van der Waals surface area contributed by atoms with E-state index in [0.717, 1.165) is 28.9 Å². The van der Waals surface area contributed by atoms with Crippen molar-refractivity contribution in [3.8, 4) is 5.69 Å². The molecule has 1 N–H and O–H groups in total. The van der Waals surface area contributed by atoms with E-state index in [1.54, 1.807) is 63.2 Å². The van der Waals surface area contributed by atoms with E-state index < -0.39 is 46.7 Å². The molecule has 0 radical (unpaired) electrons. The van der Waals surface area contributed by atoms with Crippen LogP contribution in [0.2, 0.25) is 0 Å². The van der Waals surface area contributed by atoms with Crippen molar-refractivity contribution in [2.24, 2.45) is 5.92 Å². The van der Waals surface area contributed by atoms with E-state index in [1.807, 2.05) is 0 Å². The molecule has 46 heavy (non-hydrogen) atoms. The molecule has 2 fully saturated rings. The summed E-state index contributed by atoms with van der Waals surface area (Å²) in [6.45, 7) is 4.78. The third-order valence-electron chi connectivity index (χ3n) is 8.11. The van der Waals surface area contributed by atoms with Crippen LogP contribution in [-0.2, 0) is 16.1 Å². The number of aromatic nitrogens is 1. The number of hydrazine groups is 1. The van der Waals surface area contributed by atoms with E-state index in [4.69, 9.17) is 4.74 Å². The highest BCUT2D eigenvalue weighted by Crippen LogP contribution is 2.41. The molecule has 1 saturated carbocycles. The van der Waals surface area contributed by atoms with Crippen molar-refractivity contribution >= 4 is 28.7 Å². The molecule has 1 aliphatic heterocycles. The highest BCUT2D eigenvalue weighted by molar-refractivity contribution is 6.08. The van der Waals surface area contributed by atoms with Gasteiger partial charge in [-0.25, -0.2) is 23.6 Å². The molecule has 3 amide bonds. The summed E-state index contributed by atoms with van der Waals surface area (Å²) < 4.78 is 36.5. The Bertz CT molecular complexity index is 1900. The van der Waals surface area contributed by atoms with Gasteiger partial charge in [-0.3, -0.25) is 19.0 Å². The average Bonchev–Trinajstić information content (AvgIpc) is 3.78. The number of hydrogen-bond donors (Lipinski definition) is 1. The summed E-state index contributed by atoms with van der Waals surface area (Å²) in [5, 5.41) is 5.11. The number of carbonyl (C=O) groups is 3. The molecule has 0 spiro atoms. The predicted octanol–water partition coefficient (Wildman–Crippen LogP) is 6.03. The lowest BCUT2D eigenvalue weighted by molar-refractivity contribution is -0.138. The predicted molar refractivity (Wildman–Crippen MR) is 167 cm³/mol. The number of amides is 3. The van der Waals surface area contributed by atoms with Crippen molar-refractivity contribution in [1.82, 2.24) is 19.9 Å². The van der Waals surface area contributed by atoms with Gasteiger partial charge in [0, 0.05) is 17.5 Å². The van der Waals surface area contributed by atoms with Crippen LogP contribution < -0.4 is 10.9 Å². The van der Waals surface area contributed by atoms with Crippen LogP contribution in [0.1, 0.15) is 67.7 Å². The molecule has 9 nitrogen and oxygen atoms in total. The highest BCUT2D eigenvalue weighted by Gasteiger charge is 2.39. The van der Waals surface area contributed by atoms with Crippen molar-refractivity contribution in [2.75, 3.05) is 6.54 Å². The van der Waals surface area contributed by atoms with Gasteiger partial charge in [0.15, 0.2) is 0 Å². The Hall–Kier alpha value is -5.06. The molecule has 1 unspecified atom stereocenters. The molecule has 11 heteroatoms. The lowest BCUT2D eigenvalue weighted by Crippen LogP contribution is -2.46. The van der Waals surface area contributed by atoms with Crippen molar-refractivity contribution in [2.45, 2.75) is 58.2 Å². The zero-order valence-electron chi connectivity index (χ0n) is 25.8. The van der Waals surface area contributed by atoms with Crippen LogP contribution in [-0.4, -0.2) is 44.6 Å². The topological polar surface area (TPSA) is 101 Å². The minimum absolute atomic E-state index is 0.00186. The Kier molecular flexibility index (Phi) is 8.10. The third kappa shape index (κ3) is 6.09. The van der Waals surface area contributed by atoms with Gasteiger partial charge in [-0.15, -0.1) is 0 Å². The molecule has 1 atom stereocenters. The highest BCUT2D eigenvalue weighted by atomic mass is 19.1. The fourth-order valence-electron chi connectivity index (χ4n) is 5.93. The monoisotopic (exact) mass is 628 g/mol. The van der Waals surface area contributed by atoms with Gasteiger partial charge in [0.05, 0.1) is 35.8 Å². The van der Waals surface area contributed by atoms with Crippen LogP contribution in [0, 0.1) is 17.6 Å². The smallest absolute Gasteiger partial charge is 0.429 e. The molecule has 3 aromatic carbocycles. The number of ether oxygens (including phenoxy) is 1. The van der Waals surface area contributed by atoms with E-state index in [2.05, 4.69) is 5.32 Å². The molecule has 0 bridgehead atoms. The number of rotatable bonds is 7. The minimum atomic E-state index is -0.846. The molecule has 1 saturated heterocycles. The summed E-state index contributed by atoms with van der Waals surface area (Å²) in [7, 11) is 0. The standard InChI is InChI=1S/C35H34F2N4O5/c1-35(2,3)46-34(45)39-18-17-28(42)40(39)20-27-30(32(43)38-31(21-15-16-21)22-9-7-10-23(36)19-22)25-13-8-14-26(37)29(25)33(44)41(27)24-11-5-4-6-12-24/h4-14,19,21,31H,15-18,20H2,1-3H3,(H,38,43). The molecule has 6 rings (SSSR count). The SMILES string of the molecule is CC(C)(C)OC(=O)N1CCC(=O)N1Cc1c(C(=O)NC(c2cccc(F)c2)C2CC2)c2cccc(F)c2c(=O)n1-c1ccccc1. The lowest BCUT2D eigenvalue weighted by Gasteiger charge is -2.32. The number of para-hydroxylation sites is 1. The van der Waals surface area contributed by atoms with Crippen molar-refractivity contribution < 1.29 is 27.9 Å². The van der Waals surface area contributed by atoms with E-state index >= 15 is 4.39 Å². The van der Waals surface area contributed by atoms with Crippen molar-refractivity contribution in [3.63, 3.8) is 0 Å². The van der Waals surface area contributed by atoms with Crippen molar-refractivity contribution in [1.29, 1.82) is 0 Å². The summed E-state index contributed by atoms with van der Waals surface area (Å²) in [6, 6.07) is 17.9. The summed E-state index contributed by atoms with van der Waals surface area (Å²) in [4.78, 5) is 55.1. The number of benzene rings is 3. The van der Waals surface area contributed by atoms with Crippen LogP contribution >= 0.6 is 0 Å². The fraction of sp³-hybridized carbons (Fsp3) is 0.314. The first-order chi connectivity index (χ1) is 21.9. The van der Waals surface area contributed by atoms with Crippen LogP contribution in [0.4, 0.5) is 13.6 Å². The molecule has 4 aromatic rings. The number of pyridine rings is 1. The Morgan fingerprint density at radius 1 is 0.978 bits per heavy atom. The van der Waals surface area contributed by atoms with Crippen LogP contribution in [0.3, 0.4) is 0 Å². The summed E-state index contributed by atoms with van der Waals surface area (Å²) in [5.41, 5.74) is -0.629. The number of nitrogens with zero attached hydrogens (tertiary/aromatic N) is 3. The maximum atomic E-state index is 15.5. The summed E-state index contributed by atoms with van der Waals surface area (Å²) >= 11 is 0. The fourth-order valence-corrected chi connectivity index (χ4v) is 5.93. The van der Waals surface area contributed by atoms with E-state index in [0.29, 0.717) is 11.3 Å². The normalized spacial score (nSPS) is 15.7. The van der Waals surface area contributed by atoms with Crippen molar-refractivity contribution in [3.05, 3.63) is 112 Å². The number of carbonyl (C=O) groups excluding carboxylic acids is 3. The third-order valence-corrected chi connectivity index (χ3v) is 8.11. The Morgan fingerprint density at radius 3 is 2.37 bits per heavy atom. The number of nitrogens with one attached hydrogen (secondary N) is 1. The zero-order chi connectivity index (χ0) is 32.7. The van der Waals surface area contributed by atoms with E-state index in [1.165, 1.54) is 28.8 Å². The van der Waals surface area contributed by atoms with Crippen LogP contribution in [0.5, 0.6) is 0 Å². The Balaban J connectivity index is 1.55. The molecule has 1 aliphatic carbocycles. The van der Waals surface area contributed by atoms with Gasteiger partial charge in [-0.2, -0.15) is 0 Å². The molecule has 1 aromatic heterocycles. The second kappa shape index (κ2) is 12.0. The summed E-state index contributed by atoms with van der Waals surface area (Å²) in [5.74, 6) is -2.26. The Morgan fingerprint density at radius 2 is 1.70 bits per heavy atom. The quantitative estimate of drug-likeness (QED) is 0.269. The minimum Gasteiger partial charge on any atom is -0.442 e. The van der Waals surface area contributed by atoms with Gasteiger partial charge in [-0.05, 0) is 75.4 Å². The molecule has 2 heterocycles.